The first kappa shape index (κ1) is 14.6. The molecule has 1 aliphatic rings. The number of hydrogen-bond acceptors (Lipinski definition) is 4. The van der Waals surface area contributed by atoms with Crippen molar-refractivity contribution in [1.29, 1.82) is 0 Å². The lowest BCUT2D eigenvalue weighted by molar-refractivity contribution is 0.103. The molecule has 0 unspecified atom stereocenters. The van der Waals surface area contributed by atoms with Gasteiger partial charge in [-0.2, -0.15) is 0 Å². The van der Waals surface area contributed by atoms with Gasteiger partial charge in [-0.25, -0.2) is 0 Å². The predicted octanol–water partition coefficient (Wildman–Crippen LogP) is 3.08. The summed E-state index contributed by atoms with van der Waals surface area (Å²) in [5, 5.41) is 31.8. The highest BCUT2D eigenvalue weighted by atomic mass is 16.3. The van der Waals surface area contributed by atoms with Gasteiger partial charge in [-0.05, 0) is 24.1 Å². The van der Waals surface area contributed by atoms with Gasteiger partial charge in [0.25, 0.3) is 0 Å². The van der Waals surface area contributed by atoms with Crippen LogP contribution in [0.5, 0.6) is 11.5 Å². The second-order valence-corrected chi connectivity index (χ2v) is 6.32. The van der Waals surface area contributed by atoms with E-state index in [1.807, 2.05) is 20.8 Å². The monoisotopic (exact) mass is 298 g/mol. The Bertz CT molecular complexity index is 844. The van der Waals surface area contributed by atoms with E-state index >= 15 is 0 Å². The predicted molar refractivity (Wildman–Crippen MR) is 84.4 cm³/mol. The number of phenolic OH excluding ortho intramolecular Hbond substituents is 2. The standard InChI is InChI=1S/C18H18O4/c1-9-4-5-10(8-19)13-12(9)17(22)15-14(16(13)21)11(20)6-7-18(15,2)3/h4-7,19,21-22H,8H2,1-3H3. The van der Waals surface area contributed by atoms with Gasteiger partial charge in [-0.15, -0.1) is 0 Å². The van der Waals surface area contributed by atoms with Gasteiger partial charge >= 0.3 is 0 Å². The SMILES string of the molecule is Cc1ccc(CO)c2c(O)c3c(c(O)c12)C(C)(C)C=CC3=O. The van der Waals surface area contributed by atoms with Crippen LogP contribution in [0.25, 0.3) is 10.8 Å². The van der Waals surface area contributed by atoms with E-state index in [0.717, 1.165) is 5.56 Å². The summed E-state index contributed by atoms with van der Waals surface area (Å²) in [7, 11) is 0. The Hall–Kier alpha value is -2.33. The van der Waals surface area contributed by atoms with Crippen LogP contribution < -0.4 is 0 Å². The fourth-order valence-electron chi connectivity index (χ4n) is 3.26. The fraction of sp³-hybridized carbons (Fsp3) is 0.278. The zero-order valence-corrected chi connectivity index (χ0v) is 12.8. The van der Waals surface area contributed by atoms with Crippen molar-refractivity contribution < 1.29 is 20.1 Å². The number of rotatable bonds is 1. The molecule has 1 aliphatic carbocycles. The van der Waals surface area contributed by atoms with Crippen molar-refractivity contribution in [3.05, 3.63) is 46.5 Å². The van der Waals surface area contributed by atoms with E-state index in [1.54, 1.807) is 18.2 Å². The molecule has 0 amide bonds. The van der Waals surface area contributed by atoms with Crippen LogP contribution in [0, 0.1) is 6.92 Å². The van der Waals surface area contributed by atoms with E-state index in [1.165, 1.54) is 6.08 Å². The van der Waals surface area contributed by atoms with Crippen molar-refractivity contribution in [2.45, 2.75) is 32.8 Å². The normalized spacial score (nSPS) is 16.1. The molecule has 0 aliphatic heterocycles. The van der Waals surface area contributed by atoms with Crippen LogP contribution >= 0.6 is 0 Å². The summed E-state index contributed by atoms with van der Waals surface area (Å²) in [6.07, 6.45) is 3.15. The van der Waals surface area contributed by atoms with E-state index < -0.39 is 5.41 Å². The number of aromatic hydroxyl groups is 2. The van der Waals surface area contributed by atoms with Crippen molar-refractivity contribution >= 4 is 16.6 Å². The highest BCUT2D eigenvalue weighted by molar-refractivity contribution is 6.15. The highest BCUT2D eigenvalue weighted by Gasteiger charge is 2.35. The van der Waals surface area contributed by atoms with Gasteiger partial charge in [-0.3, -0.25) is 4.79 Å². The number of carbonyl (C=O) groups is 1. The quantitative estimate of drug-likeness (QED) is 0.707. The number of ketones is 1. The van der Waals surface area contributed by atoms with Gasteiger partial charge in [0, 0.05) is 21.8 Å². The number of aryl methyl sites for hydroxylation is 1. The van der Waals surface area contributed by atoms with Crippen molar-refractivity contribution in [3.63, 3.8) is 0 Å². The number of phenols is 2. The number of allylic oxidation sites excluding steroid dienone is 2. The number of fused-ring (bicyclic) bond motifs is 2. The molecule has 114 valence electrons. The Labute approximate surface area is 128 Å². The summed E-state index contributed by atoms with van der Waals surface area (Å²) < 4.78 is 0. The molecule has 0 aromatic heterocycles. The molecule has 22 heavy (non-hydrogen) atoms. The first-order valence-electron chi connectivity index (χ1n) is 7.14. The van der Waals surface area contributed by atoms with E-state index in [2.05, 4.69) is 0 Å². The van der Waals surface area contributed by atoms with Crippen LogP contribution in [-0.4, -0.2) is 21.1 Å². The van der Waals surface area contributed by atoms with Gasteiger partial charge in [0.15, 0.2) is 5.78 Å². The minimum atomic E-state index is -0.569. The van der Waals surface area contributed by atoms with Gasteiger partial charge < -0.3 is 15.3 Å². The fourth-order valence-corrected chi connectivity index (χ4v) is 3.26. The second kappa shape index (κ2) is 4.58. The molecule has 2 aromatic carbocycles. The topological polar surface area (TPSA) is 77.8 Å². The molecular weight excluding hydrogens is 280 g/mol. The Balaban J connectivity index is 2.61. The number of hydrogen-bond donors (Lipinski definition) is 3. The Morgan fingerprint density at radius 3 is 2.41 bits per heavy atom. The Morgan fingerprint density at radius 2 is 1.77 bits per heavy atom. The Kier molecular flexibility index (Phi) is 3.04. The lowest BCUT2D eigenvalue weighted by Crippen LogP contribution is -2.23. The number of aliphatic hydroxyl groups excluding tert-OH is 1. The minimum absolute atomic E-state index is 0.00157. The highest BCUT2D eigenvalue weighted by Crippen LogP contribution is 2.49. The largest absolute Gasteiger partial charge is 0.507 e. The molecule has 4 heteroatoms. The van der Waals surface area contributed by atoms with Crippen molar-refractivity contribution in [2.75, 3.05) is 0 Å². The van der Waals surface area contributed by atoms with E-state index in [-0.39, 0.29) is 29.5 Å². The van der Waals surface area contributed by atoms with Crippen molar-refractivity contribution in [3.8, 4) is 11.5 Å². The second-order valence-electron chi connectivity index (χ2n) is 6.32. The molecule has 0 fully saturated rings. The molecule has 3 rings (SSSR count). The molecule has 0 heterocycles. The van der Waals surface area contributed by atoms with Crippen molar-refractivity contribution in [1.82, 2.24) is 0 Å². The average Bonchev–Trinajstić information content (AvgIpc) is 2.46. The molecule has 0 spiro atoms. The molecule has 0 saturated heterocycles. The van der Waals surface area contributed by atoms with E-state index in [0.29, 0.717) is 21.9 Å². The maximum atomic E-state index is 12.3. The summed E-state index contributed by atoms with van der Waals surface area (Å²) in [4.78, 5) is 12.3. The average molecular weight is 298 g/mol. The summed E-state index contributed by atoms with van der Waals surface area (Å²) in [5.41, 5.74) is 1.25. The molecule has 0 radical (unpaired) electrons. The van der Waals surface area contributed by atoms with Gasteiger partial charge in [0.05, 0.1) is 12.2 Å². The summed E-state index contributed by atoms with van der Waals surface area (Å²) in [6.45, 7) is 5.30. The van der Waals surface area contributed by atoms with Crippen molar-refractivity contribution in [2.24, 2.45) is 0 Å². The molecule has 3 N–H and O–H groups in total. The summed E-state index contributed by atoms with van der Waals surface area (Å²) in [6, 6.07) is 3.48. The molecule has 0 bridgehead atoms. The van der Waals surface area contributed by atoms with Gasteiger partial charge in [-0.1, -0.05) is 32.1 Å². The van der Waals surface area contributed by atoms with Crippen LogP contribution in [0.2, 0.25) is 0 Å². The molecule has 0 saturated carbocycles. The summed E-state index contributed by atoms with van der Waals surface area (Å²) in [5.74, 6) is -0.509. The van der Waals surface area contributed by atoms with Gasteiger partial charge in [0.2, 0.25) is 0 Å². The number of carbonyl (C=O) groups excluding carboxylic acids is 1. The maximum absolute atomic E-state index is 12.3. The lowest BCUT2D eigenvalue weighted by atomic mass is 9.74. The number of aliphatic hydroxyl groups is 1. The molecular formula is C18H18O4. The lowest BCUT2D eigenvalue weighted by Gasteiger charge is -2.30. The Morgan fingerprint density at radius 1 is 1.09 bits per heavy atom. The third-order valence-electron chi connectivity index (χ3n) is 4.41. The van der Waals surface area contributed by atoms with Crippen LogP contribution in [-0.2, 0) is 12.0 Å². The van der Waals surface area contributed by atoms with E-state index in [9.17, 15) is 20.1 Å². The van der Waals surface area contributed by atoms with Crippen LogP contribution in [0.3, 0.4) is 0 Å². The third-order valence-corrected chi connectivity index (χ3v) is 4.41. The molecule has 2 aromatic rings. The third kappa shape index (κ3) is 1.77. The maximum Gasteiger partial charge on any atom is 0.189 e. The van der Waals surface area contributed by atoms with E-state index in [4.69, 9.17) is 0 Å². The first-order valence-corrected chi connectivity index (χ1v) is 7.14. The number of benzene rings is 2. The van der Waals surface area contributed by atoms with Crippen LogP contribution in [0.1, 0.15) is 40.9 Å². The zero-order chi connectivity index (χ0) is 16.2. The zero-order valence-electron chi connectivity index (χ0n) is 12.8. The summed E-state index contributed by atoms with van der Waals surface area (Å²) >= 11 is 0. The molecule has 0 atom stereocenters. The molecule has 4 nitrogen and oxygen atoms in total. The minimum Gasteiger partial charge on any atom is -0.507 e. The smallest absolute Gasteiger partial charge is 0.189 e. The van der Waals surface area contributed by atoms with Gasteiger partial charge in [0.1, 0.15) is 11.5 Å². The van der Waals surface area contributed by atoms with Crippen LogP contribution in [0.15, 0.2) is 24.3 Å². The first-order chi connectivity index (χ1) is 10.3. The van der Waals surface area contributed by atoms with Crippen LogP contribution in [0.4, 0.5) is 0 Å².